The van der Waals surface area contributed by atoms with Crippen LogP contribution in [0.1, 0.15) is 70.9 Å². The van der Waals surface area contributed by atoms with Crippen molar-refractivity contribution in [2.45, 2.75) is 66.0 Å². The lowest BCUT2D eigenvalue weighted by Gasteiger charge is -2.28. The lowest BCUT2D eigenvalue weighted by molar-refractivity contribution is -0.138. The smallest absolute Gasteiger partial charge is 0.419 e. The first-order chi connectivity index (χ1) is 29.4. The molecule has 0 aromatic carbocycles. The van der Waals surface area contributed by atoms with Crippen LogP contribution in [0.2, 0.25) is 0 Å². The van der Waals surface area contributed by atoms with E-state index >= 15 is 0 Å². The summed E-state index contributed by atoms with van der Waals surface area (Å²) in [6, 6.07) is 5.26. The summed E-state index contributed by atoms with van der Waals surface area (Å²) in [5.41, 5.74) is -0.111. The second-order valence-electron chi connectivity index (χ2n) is 13.8. The molecule has 6 aromatic heterocycles. The average molecular weight is 868 g/mol. The molecule has 62 heavy (non-hydrogen) atoms. The van der Waals surface area contributed by atoms with E-state index in [1.54, 1.807) is 59.7 Å². The number of pyridine rings is 3. The largest absolute Gasteiger partial charge is 0.475 e. The van der Waals surface area contributed by atoms with Crippen molar-refractivity contribution in [3.63, 3.8) is 0 Å². The first-order valence-electron chi connectivity index (χ1n) is 19.0. The molecule has 0 aliphatic rings. The van der Waals surface area contributed by atoms with Crippen LogP contribution >= 0.6 is 0 Å². The monoisotopic (exact) mass is 867 g/mol. The van der Waals surface area contributed by atoms with Crippen molar-refractivity contribution in [1.29, 1.82) is 0 Å². The van der Waals surface area contributed by atoms with Crippen LogP contribution in [0, 0.1) is 13.8 Å². The number of hydrogen-bond acceptors (Lipinski definition) is 13. The number of ether oxygens (including phenoxy) is 2. The molecule has 6 heterocycles. The van der Waals surface area contributed by atoms with E-state index in [4.69, 9.17) is 14.5 Å². The van der Waals surface area contributed by atoms with Crippen LogP contribution < -0.4 is 9.47 Å². The number of alkyl halides is 6. The zero-order chi connectivity index (χ0) is 44.9. The average Bonchev–Trinajstić information content (AvgIpc) is 3.96. The van der Waals surface area contributed by atoms with E-state index in [9.17, 15) is 35.9 Å². The number of hydrogen-bond donors (Lipinski definition) is 0. The van der Waals surface area contributed by atoms with Gasteiger partial charge < -0.3 is 19.3 Å². The predicted octanol–water partition coefficient (Wildman–Crippen LogP) is 6.00. The van der Waals surface area contributed by atoms with Gasteiger partial charge in [0.2, 0.25) is 5.88 Å². The standard InChI is InChI=1S/C39H39F6N13O4/c1-7-55(24(5)21-62-37-47-17-27(18-48-37)39(43,44)45)35(59)28-11-9-22(3)52-33(28)58-51-19-31(54-58)29-15-30(34(53-25(29)6)57-49-13-14-50-57)36(60)56(8-2)23(4)20-61-32-12-10-26(16-46-32)38(40,41)42/h9-19,23-24H,7-8,20-21H2,1-6H3/t23-,24-/m0/s1. The number of aromatic nitrogens is 11. The zero-order valence-corrected chi connectivity index (χ0v) is 34.0. The third kappa shape index (κ3) is 9.92. The van der Waals surface area contributed by atoms with E-state index in [0.29, 0.717) is 35.5 Å². The third-order valence-corrected chi connectivity index (χ3v) is 9.45. The summed E-state index contributed by atoms with van der Waals surface area (Å²) >= 11 is 0. The number of amides is 2. The fraction of sp³-hybridized carbons (Fsp3) is 0.359. The van der Waals surface area contributed by atoms with Crippen LogP contribution in [0.25, 0.3) is 22.9 Å². The van der Waals surface area contributed by atoms with E-state index in [2.05, 4.69) is 40.3 Å². The molecule has 6 aromatic rings. The molecule has 0 N–H and O–H groups in total. The highest BCUT2D eigenvalue weighted by molar-refractivity contribution is 5.99. The highest BCUT2D eigenvalue weighted by Crippen LogP contribution is 2.31. The van der Waals surface area contributed by atoms with Gasteiger partial charge in [0.15, 0.2) is 11.6 Å². The Morgan fingerprint density at radius 3 is 1.85 bits per heavy atom. The number of rotatable bonds is 15. The van der Waals surface area contributed by atoms with Crippen molar-refractivity contribution in [3.05, 3.63) is 101 Å². The Hall–Kier alpha value is -7.07. The van der Waals surface area contributed by atoms with Crippen LogP contribution in [0.5, 0.6) is 11.9 Å². The molecular weight excluding hydrogens is 829 g/mol. The van der Waals surface area contributed by atoms with Crippen LogP contribution in [-0.2, 0) is 12.4 Å². The lowest BCUT2D eigenvalue weighted by atomic mass is 10.1. The van der Waals surface area contributed by atoms with Crippen LogP contribution in [0.4, 0.5) is 26.3 Å². The number of likely N-dealkylation sites (N-methyl/N-ethyl adjacent to an activating group) is 2. The molecule has 6 rings (SSSR count). The van der Waals surface area contributed by atoms with Gasteiger partial charge in [-0.2, -0.15) is 41.6 Å². The molecule has 0 saturated carbocycles. The molecular formula is C39H39F6N13O4. The van der Waals surface area contributed by atoms with Gasteiger partial charge in [-0.1, -0.05) is 0 Å². The topological polar surface area (TPSA) is 185 Å². The van der Waals surface area contributed by atoms with Gasteiger partial charge in [0.05, 0.1) is 52.9 Å². The summed E-state index contributed by atoms with van der Waals surface area (Å²) in [6.07, 6.45) is -3.02. The second kappa shape index (κ2) is 18.3. The molecule has 17 nitrogen and oxygen atoms in total. The van der Waals surface area contributed by atoms with Gasteiger partial charge in [-0.15, -0.1) is 14.7 Å². The molecule has 0 unspecified atom stereocenters. The lowest BCUT2D eigenvalue weighted by Crippen LogP contribution is -2.42. The van der Waals surface area contributed by atoms with Crippen molar-refractivity contribution >= 4 is 11.8 Å². The quantitative estimate of drug-likeness (QED) is 0.110. The van der Waals surface area contributed by atoms with E-state index in [0.717, 1.165) is 12.1 Å². The molecule has 0 spiro atoms. The van der Waals surface area contributed by atoms with Crippen LogP contribution in [0.15, 0.2) is 67.5 Å². The molecule has 2 amide bonds. The fourth-order valence-corrected chi connectivity index (χ4v) is 6.21. The van der Waals surface area contributed by atoms with Crippen molar-refractivity contribution in [3.8, 4) is 34.8 Å². The van der Waals surface area contributed by atoms with Gasteiger partial charge in [-0.05, 0) is 65.8 Å². The van der Waals surface area contributed by atoms with Crippen molar-refractivity contribution in [2.75, 3.05) is 26.3 Å². The molecule has 326 valence electrons. The number of nitrogens with zero attached hydrogens (tertiary/aromatic N) is 13. The summed E-state index contributed by atoms with van der Waals surface area (Å²) in [7, 11) is 0. The van der Waals surface area contributed by atoms with Gasteiger partial charge in [-0.25, -0.2) is 24.9 Å². The predicted molar refractivity (Wildman–Crippen MR) is 206 cm³/mol. The molecule has 0 aliphatic heterocycles. The van der Waals surface area contributed by atoms with Crippen LogP contribution in [-0.4, -0.2) is 115 Å². The molecule has 0 bridgehead atoms. The Bertz CT molecular complexity index is 2500. The van der Waals surface area contributed by atoms with Gasteiger partial charge in [0.25, 0.3) is 11.8 Å². The Morgan fingerprint density at radius 1 is 0.694 bits per heavy atom. The third-order valence-electron chi connectivity index (χ3n) is 9.45. The SMILES string of the molecule is CCN(C(=O)c1ccc(C)nc1-n1ncc(-c2cc(C(=O)N(CC)[C@@H](C)COc3ccc(C(F)(F)F)cn3)c(-n3nccn3)nc2C)n1)[C@@H](C)COc1ncc(C(F)(F)F)cn1. The Balaban J connectivity index is 1.26. The van der Waals surface area contributed by atoms with Crippen molar-refractivity contribution in [2.24, 2.45) is 0 Å². The highest BCUT2D eigenvalue weighted by atomic mass is 19.4. The van der Waals surface area contributed by atoms with E-state index in [1.165, 1.54) is 38.0 Å². The molecule has 0 radical (unpaired) electrons. The van der Waals surface area contributed by atoms with Gasteiger partial charge in [0.1, 0.15) is 18.9 Å². The minimum Gasteiger partial charge on any atom is -0.475 e. The van der Waals surface area contributed by atoms with Crippen molar-refractivity contribution in [1.82, 2.24) is 64.7 Å². The van der Waals surface area contributed by atoms with E-state index < -0.39 is 47.4 Å². The van der Waals surface area contributed by atoms with Crippen molar-refractivity contribution < 1.29 is 45.4 Å². The fourth-order valence-electron chi connectivity index (χ4n) is 6.21. The van der Waals surface area contributed by atoms with Gasteiger partial charge >= 0.3 is 18.4 Å². The first-order valence-corrected chi connectivity index (χ1v) is 19.0. The Kier molecular flexibility index (Phi) is 13.1. The van der Waals surface area contributed by atoms with Crippen LogP contribution in [0.3, 0.4) is 0 Å². The maximum atomic E-state index is 14.4. The van der Waals surface area contributed by atoms with E-state index in [1.807, 2.05) is 0 Å². The van der Waals surface area contributed by atoms with Gasteiger partial charge in [0, 0.05) is 54.7 Å². The molecule has 2 atom stereocenters. The van der Waals surface area contributed by atoms with Gasteiger partial charge in [-0.3, -0.25) is 9.59 Å². The molecule has 23 heteroatoms. The number of halogens is 6. The Morgan fingerprint density at radius 2 is 1.27 bits per heavy atom. The maximum Gasteiger partial charge on any atom is 0.419 e. The minimum atomic E-state index is -4.61. The molecule has 0 fully saturated rings. The second-order valence-corrected chi connectivity index (χ2v) is 13.8. The zero-order valence-electron chi connectivity index (χ0n) is 34.0. The minimum absolute atomic E-state index is 0.0529. The molecule has 0 saturated heterocycles. The number of carbonyl (C=O) groups excluding carboxylic acids is 2. The molecule has 0 aliphatic carbocycles. The highest BCUT2D eigenvalue weighted by Gasteiger charge is 2.33. The summed E-state index contributed by atoms with van der Waals surface area (Å²) in [5.74, 6) is -0.810. The summed E-state index contributed by atoms with van der Waals surface area (Å²) < 4.78 is 89.2. The summed E-state index contributed by atoms with van der Waals surface area (Å²) in [4.78, 5) is 54.1. The number of carbonyl (C=O) groups is 2. The summed E-state index contributed by atoms with van der Waals surface area (Å²) in [6.45, 7) is 10.5. The first kappa shape index (κ1) is 44.5. The van der Waals surface area contributed by atoms with E-state index in [-0.39, 0.29) is 66.7 Å². The summed E-state index contributed by atoms with van der Waals surface area (Å²) in [5, 5.41) is 17.5. The number of aryl methyl sites for hydroxylation is 2. The normalized spacial score (nSPS) is 12.8. The maximum absolute atomic E-state index is 14.4. The Labute approximate surface area is 349 Å².